The normalized spacial score (nSPS) is 55.3. The molecule has 3 nitrogen and oxygen atoms in total. The molecule has 4 N–H and O–H groups in total. The summed E-state index contributed by atoms with van der Waals surface area (Å²) in [4.78, 5) is 0. The number of fused-ring (bicyclic) bond motifs is 1. The minimum atomic E-state index is -0.00521. The van der Waals surface area contributed by atoms with Gasteiger partial charge in [0.2, 0.25) is 0 Å². The van der Waals surface area contributed by atoms with E-state index in [0.717, 1.165) is 12.8 Å². The summed E-state index contributed by atoms with van der Waals surface area (Å²) in [5.74, 6) is 0. The van der Waals surface area contributed by atoms with Crippen molar-refractivity contribution in [3.05, 3.63) is 0 Å². The maximum Gasteiger partial charge on any atom is 0.0841 e. The third-order valence-corrected chi connectivity index (χ3v) is 2.39. The zero-order valence-corrected chi connectivity index (χ0v) is 5.39. The molecule has 0 aromatic heterocycles. The van der Waals surface area contributed by atoms with Crippen LogP contribution >= 0.6 is 0 Å². The van der Waals surface area contributed by atoms with Gasteiger partial charge < -0.3 is 16.2 Å². The highest BCUT2D eigenvalue weighted by atomic mass is 16.5. The average molecular weight is 128 g/mol. The first kappa shape index (κ1) is 5.65. The molecular formula is C6H12N2O. The lowest BCUT2D eigenvalue weighted by Crippen LogP contribution is -2.58. The zero-order valence-electron chi connectivity index (χ0n) is 5.39. The summed E-state index contributed by atoms with van der Waals surface area (Å²) < 4.78 is 5.42. The highest BCUT2D eigenvalue weighted by Crippen LogP contribution is 2.48. The van der Waals surface area contributed by atoms with Gasteiger partial charge in [-0.1, -0.05) is 0 Å². The molecule has 2 saturated heterocycles. The van der Waals surface area contributed by atoms with Gasteiger partial charge in [-0.25, -0.2) is 0 Å². The number of nitrogens with two attached hydrogens (primary N) is 2. The molecule has 2 heterocycles. The van der Waals surface area contributed by atoms with Crippen molar-refractivity contribution in [1.82, 2.24) is 0 Å². The zero-order chi connectivity index (χ0) is 6.54. The Labute approximate surface area is 54.3 Å². The summed E-state index contributed by atoms with van der Waals surface area (Å²) in [6.45, 7) is 1.34. The summed E-state index contributed by atoms with van der Waals surface area (Å²) in [6, 6.07) is 0. The second-order valence-electron chi connectivity index (χ2n) is 3.39. The van der Waals surface area contributed by atoms with Gasteiger partial charge >= 0.3 is 0 Å². The van der Waals surface area contributed by atoms with E-state index < -0.39 is 0 Å². The summed E-state index contributed by atoms with van der Waals surface area (Å²) in [5, 5.41) is 0. The van der Waals surface area contributed by atoms with E-state index in [9.17, 15) is 0 Å². The molecule has 2 aliphatic heterocycles. The molecule has 0 aromatic rings. The van der Waals surface area contributed by atoms with E-state index in [1.54, 1.807) is 0 Å². The van der Waals surface area contributed by atoms with Crippen LogP contribution in [0.15, 0.2) is 0 Å². The number of ether oxygens (including phenoxy) is 1. The van der Waals surface area contributed by atoms with Gasteiger partial charge in [0, 0.05) is 12.1 Å². The second-order valence-corrected chi connectivity index (χ2v) is 3.39. The fourth-order valence-corrected chi connectivity index (χ4v) is 1.94. The van der Waals surface area contributed by atoms with Crippen LogP contribution in [0.25, 0.3) is 0 Å². The van der Waals surface area contributed by atoms with Crippen LogP contribution in [0, 0.1) is 0 Å². The van der Waals surface area contributed by atoms with Crippen molar-refractivity contribution in [2.45, 2.75) is 24.0 Å². The first-order valence-electron chi connectivity index (χ1n) is 3.31. The molecule has 0 amide bonds. The van der Waals surface area contributed by atoms with Crippen molar-refractivity contribution in [3.63, 3.8) is 0 Å². The van der Waals surface area contributed by atoms with E-state index in [1.807, 2.05) is 0 Å². The van der Waals surface area contributed by atoms with E-state index in [-0.39, 0.29) is 11.1 Å². The molecule has 1 saturated carbocycles. The summed E-state index contributed by atoms with van der Waals surface area (Å²) in [5.41, 5.74) is 11.3. The Bertz CT molecular complexity index is 140. The molecule has 1 aliphatic carbocycles. The molecule has 0 atom stereocenters. The number of rotatable bonds is 1. The van der Waals surface area contributed by atoms with Crippen LogP contribution in [0.2, 0.25) is 0 Å². The van der Waals surface area contributed by atoms with Crippen molar-refractivity contribution in [2.24, 2.45) is 11.5 Å². The Morgan fingerprint density at radius 1 is 1.44 bits per heavy atom. The van der Waals surface area contributed by atoms with Crippen molar-refractivity contribution in [1.29, 1.82) is 0 Å². The van der Waals surface area contributed by atoms with Crippen LogP contribution in [0.1, 0.15) is 12.8 Å². The van der Waals surface area contributed by atoms with Crippen LogP contribution in [-0.2, 0) is 4.74 Å². The predicted octanol–water partition coefficient (Wildman–Crippen LogP) is -0.795. The highest BCUT2D eigenvalue weighted by molar-refractivity contribution is 5.15. The van der Waals surface area contributed by atoms with E-state index in [4.69, 9.17) is 16.2 Å². The summed E-state index contributed by atoms with van der Waals surface area (Å²) in [7, 11) is 0. The van der Waals surface area contributed by atoms with Crippen LogP contribution in [0.5, 0.6) is 0 Å². The van der Waals surface area contributed by atoms with Crippen molar-refractivity contribution >= 4 is 0 Å². The van der Waals surface area contributed by atoms with Crippen LogP contribution in [0.3, 0.4) is 0 Å². The molecule has 2 bridgehead atoms. The molecule has 3 rings (SSSR count). The van der Waals surface area contributed by atoms with Crippen molar-refractivity contribution < 1.29 is 4.74 Å². The molecule has 0 spiro atoms. The molecule has 9 heavy (non-hydrogen) atoms. The van der Waals surface area contributed by atoms with Gasteiger partial charge in [-0.15, -0.1) is 0 Å². The Morgan fingerprint density at radius 2 is 2.11 bits per heavy atom. The topological polar surface area (TPSA) is 61.3 Å². The Balaban J connectivity index is 2.12. The van der Waals surface area contributed by atoms with Gasteiger partial charge in [0.05, 0.1) is 12.2 Å². The van der Waals surface area contributed by atoms with Gasteiger partial charge in [0.25, 0.3) is 0 Å². The Kier molecular flexibility index (Phi) is 0.822. The average Bonchev–Trinajstić information content (AvgIpc) is 2.20. The highest BCUT2D eigenvalue weighted by Gasteiger charge is 2.59. The van der Waals surface area contributed by atoms with E-state index >= 15 is 0 Å². The Morgan fingerprint density at radius 3 is 2.33 bits per heavy atom. The van der Waals surface area contributed by atoms with Gasteiger partial charge in [0.1, 0.15) is 0 Å². The van der Waals surface area contributed by atoms with Crippen LogP contribution < -0.4 is 11.5 Å². The lowest BCUT2D eigenvalue weighted by molar-refractivity contribution is 0.00723. The van der Waals surface area contributed by atoms with E-state index in [1.165, 1.54) is 0 Å². The fraction of sp³-hybridized carbons (Fsp3) is 1.00. The standard InChI is InChI=1S/C6H12N2O/c7-3-6-1-5(8,2-6)4-9-6/h1-4,7-8H2. The summed E-state index contributed by atoms with van der Waals surface area (Å²) >= 11 is 0. The molecule has 0 unspecified atom stereocenters. The minimum absolute atomic E-state index is 0.000625. The van der Waals surface area contributed by atoms with Gasteiger partial charge in [-0.2, -0.15) is 0 Å². The third-order valence-electron chi connectivity index (χ3n) is 2.39. The quantitative estimate of drug-likeness (QED) is 0.486. The fourth-order valence-electron chi connectivity index (χ4n) is 1.94. The monoisotopic (exact) mass is 128 g/mol. The molecule has 0 aromatic carbocycles. The summed E-state index contributed by atoms with van der Waals surface area (Å²) in [6.07, 6.45) is 1.94. The second kappa shape index (κ2) is 1.31. The van der Waals surface area contributed by atoms with Crippen molar-refractivity contribution in [3.8, 4) is 0 Å². The number of hydrogen-bond acceptors (Lipinski definition) is 3. The minimum Gasteiger partial charge on any atom is -0.372 e. The molecular weight excluding hydrogens is 116 g/mol. The smallest absolute Gasteiger partial charge is 0.0841 e. The van der Waals surface area contributed by atoms with Gasteiger partial charge in [0.15, 0.2) is 0 Å². The maximum atomic E-state index is 5.82. The van der Waals surface area contributed by atoms with Crippen LogP contribution in [-0.4, -0.2) is 24.3 Å². The van der Waals surface area contributed by atoms with E-state index in [2.05, 4.69) is 0 Å². The predicted molar refractivity (Wildman–Crippen MR) is 33.9 cm³/mol. The van der Waals surface area contributed by atoms with E-state index in [0.29, 0.717) is 13.2 Å². The van der Waals surface area contributed by atoms with Gasteiger partial charge in [-0.3, -0.25) is 0 Å². The lowest BCUT2D eigenvalue weighted by Gasteiger charge is -2.41. The first-order valence-corrected chi connectivity index (χ1v) is 3.31. The van der Waals surface area contributed by atoms with Crippen molar-refractivity contribution in [2.75, 3.05) is 13.2 Å². The lowest BCUT2D eigenvalue weighted by atomic mass is 9.69. The third kappa shape index (κ3) is 0.569. The molecule has 3 heteroatoms. The Hall–Kier alpha value is -0.120. The maximum absolute atomic E-state index is 5.82. The molecule has 3 aliphatic rings. The number of hydrogen-bond donors (Lipinski definition) is 2. The van der Waals surface area contributed by atoms with Gasteiger partial charge in [-0.05, 0) is 12.8 Å². The molecule has 3 fully saturated rings. The molecule has 52 valence electrons. The largest absolute Gasteiger partial charge is 0.372 e. The first-order chi connectivity index (χ1) is 4.18. The van der Waals surface area contributed by atoms with Crippen LogP contribution in [0.4, 0.5) is 0 Å². The SMILES string of the molecule is NCC12CC(N)(CO1)C2. The molecule has 0 radical (unpaired) electrons.